The number of carbonyl (C=O) groups excluding carboxylic acids is 8. The van der Waals surface area contributed by atoms with E-state index in [-0.39, 0.29) is 69.6 Å². The summed E-state index contributed by atoms with van der Waals surface area (Å²) >= 11 is 0. The Hall–Kier alpha value is -7.28. The Balaban J connectivity index is 1.68. The van der Waals surface area contributed by atoms with E-state index in [1.807, 2.05) is 150 Å². The van der Waals surface area contributed by atoms with Gasteiger partial charge in [-0.3, -0.25) is 38.4 Å². The maximum Gasteiger partial charge on any atom is 0.243 e. The van der Waals surface area contributed by atoms with Gasteiger partial charge in [0.1, 0.15) is 41.5 Å². The molecule has 0 aromatic heterocycles. The van der Waals surface area contributed by atoms with Crippen LogP contribution in [0.4, 0.5) is 0 Å². The van der Waals surface area contributed by atoms with Gasteiger partial charge in [0.15, 0.2) is 0 Å². The topological polar surface area (TPSA) is 251 Å². The smallest absolute Gasteiger partial charge is 0.243 e. The Morgan fingerprint density at radius 3 is 1.53 bits per heavy atom. The van der Waals surface area contributed by atoms with Gasteiger partial charge in [0, 0.05) is 38.3 Å². The Morgan fingerprint density at radius 2 is 1.02 bits per heavy atom. The zero-order chi connectivity index (χ0) is 59.3. The fourth-order valence-corrected chi connectivity index (χ4v) is 9.37. The van der Waals surface area contributed by atoms with Crippen molar-refractivity contribution in [2.75, 3.05) is 46.6 Å². The van der Waals surface area contributed by atoms with E-state index < -0.39 is 82.9 Å². The molecule has 4 aromatic rings. The number of hydrogen-bond donors (Lipinski definition) is 8. The second kappa shape index (κ2) is 34.8. The van der Waals surface area contributed by atoms with Crippen molar-refractivity contribution in [3.05, 3.63) is 143 Å². The standard InChI is InChI=1S/C63H88N8O10/c1-10-44(6)56(70-61(78)54(41-47-29-27-43(5)28-30-47)69-59(76)51(11-2)66-57(74)45(7)39-42(3)4)62(79)67-52(60(77)68-53(40-46(8)72)58(75)65-34-36-81-38-37-80-35-33-64-9)31-32-55(73)71-63(48-21-15-12-16-22-48,49-23-17-13-18-24-49)50-25-19-14-20-26-50/h12-30,42,44-45,51-54,56,64H,10-11,31-41H2,1-9H3,(H,65,75)(H,66,74)(H,67,79)(H,68,77)(H,69,76)(H,70,78)(H,71,73)/t44?,45-,51-,52-,53-,54-,56-/m0/s1. The summed E-state index contributed by atoms with van der Waals surface area (Å²) in [4.78, 5) is 113. The molecular weight excluding hydrogens is 1030 g/mol. The molecule has 0 heterocycles. The molecule has 0 aliphatic rings. The van der Waals surface area contributed by atoms with Crippen LogP contribution in [0.15, 0.2) is 115 Å². The number of nitrogens with one attached hydrogen (secondary N) is 8. The summed E-state index contributed by atoms with van der Waals surface area (Å²) in [5, 5.41) is 23.1. The van der Waals surface area contributed by atoms with Crippen LogP contribution in [0, 0.1) is 24.7 Å². The molecule has 4 rings (SSSR count). The molecule has 7 amide bonds. The number of rotatable bonds is 36. The van der Waals surface area contributed by atoms with E-state index in [2.05, 4.69) is 42.5 Å². The van der Waals surface area contributed by atoms with E-state index in [1.165, 1.54) is 6.92 Å². The third-order valence-electron chi connectivity index (χ3n) is 14.1. The number of hydrogen-bond acceptors (Lipinski definition) is 11. The van der Waals surface area contributed by atoms with Gasteiger partial charge in [-0.1, -0.05) is 169 Å². The van der Waals surface area contributed by atoms with Crippen LogP contribution in [0.1, 0.15) is 115 Å². The first-order chi connectivity index (χ1) is 38.8. The first-order valence-corrected chi connectivity index (χ1v) is 28.4. The molecule has 81 heavy (non-hydrogen) atoms. The summed E-state index contributed by atoms with van der Waals surface area (Å²) in [6.45, 7) is 16.4. The van der Waals surface area contributed by atoms with Crippen molar-refractivity contribution in [1.82, 2.24) is 42.5 Å². The molecule has 8 N–H and O–H groups in total. The maximum absolute atomic E-state index is 14.9. The number of ketones is 1. The molecule has 0 aliphatic heterocycles. The summed E-state index contributed by atoms with van der Waals surface area (Å²) in [6, 6.07) is 29.5. The number of amides is 7. The number of aryl methyl sites for hydroxylation is 1. The molecule has 7 atom stereocenters. The minimum atomic E-state index is -1.49. The monoisotopic (exact) mass is 1120 g/mol. The lowest BCUT2D eigenvalue weighted by atomic mass is 9.77. The first-order valence-electron chi connectivity index (χ1n) is 28.4. The number of ether oxygens (including phenoxy) is 2. The van der Waals surface area contributed by atoms with Crippen molar-refractivity contribution in [3.8, 4) is 0 Å². The lowest BCUT2D eigenvalue weighted by Gasteiger charge is -2.37. The van der Waals surface area contributed by atoms with Gasteiger partial charge >= 0.3 is 0 Å². The van der Waals surface area contributed by atoms with E-state index in [9.17, 15) is 38.4 Å². The molecule has 0 aliphatic carbocycles. The molecule has 18 heteroatoms. The van der Waals surface area contributed by atoms with E-state index >= 15 is 0 Å². The van der Waals surface area contributed by atoms with E-state index in [1.54, 1.807) is 20.8 Å². The minimum absolute atomic E-state index is 0.0362. The van der Waals surface area contributed by atoms with Crippen molar-refractivity contribution < 1.29 is 47.8 Å². The van der Waals surface area contributed by atoms with Gasteiger partial charge in [0.25, 0.3) is 0 Å². The highest BCUT2D eigenvalue weighted by molar-refractivity contribution is 5.97. The van der Waals surface area contributed by atoms with Gasteiger partial charge in [-0.15, -0.1) is 0 Å². The summed E-state index contributed by atoms with van der Waals surface area (Å²) < 4.78 is 11.1. The van der Waals surface area contributed by atoms with E-state index in [0.29, 0.717) is 32.6 Å². The Kier molecular flexibility index (Phi) is 28.4. The van der Waals surface area contributed by atoms with Crippen LogP contribution in [-0.2, 0) is 59.8 Å². The zero-order valence-corrected chi connectivity index (χ0v) is 48.9. The lowest BCUT2D eigenvalue weighted by Crippen LogP contribution is -2.61. The summed E-state index contributed by atoms with van der Waals surface area (Å²) in [5.74, 6) is -5.38. The number of likely N-dealkylation sites (N-methyl/N-ethyl adjacent to an activating group) is 1. The molecule has 0 saturated heterocycles. The molecule has 440 valence electrons. The van der Waals surface area contributed by atoms with Gasteiger partial charge < -0.3 is 52.0 Å². The zero-order valence-electron chi connectivity index (χ0n) is 48.9. The fraction of sp³-hybridized carbons (Fsp3) is 0.492. The van der Waals surface area contributed by atoms with Gasteiger partial charge in [-0.05, 0) is 74.2 Å². The highest BCUT2D eigenvalue weighted by Crippen LogP contribution is 2.37. The predicted molar refractivity (Wildman–Crippen MR) is 313 cm³/mol. The average Bonchev–Trinajstić information content (AvgIpc) is 3.46. The SMILES string of the molecule is CCC(C)[C@H](NC(=O)[C@H](Cc1ccc(C)cc1)NC(=O)[C@H](CC)NC(=O)[C@@H](C)CC(C)C)C(=O)N[C@@H](CCC(=O)NC(c1ccccc1)(c1ccccc1)c1ccccc1)C(=O)N[C@@H](CC(C)=O)C(=O)NCCOCCOCCNC. The van der Waals surface area contributed by atoms with Crippen LogP contribution in [0.25, 0.3) is 0 Å². The summed E-state index contributed by atoms with van der Waals surface area (Å²) in [6.07, 6.45) is 0.298. The second-order valence-electron chi connectivity index (χ2n) is 21.2. The Labute approximate surface area is 479 Å². The predicted octanol–water partition coefficient (Wildman–Crippen LogP) is 5.34. The molecule has 0 fully saturated rings. The van der Waals surface area contributed by atoms with Crippen molar-refractivity contribution in [2.45, 2.75) is 136 Å². The minimum Gasteiger partial charge on any atom is -0.378 e. The average molecular weight is 1120 g/mol. The molecule has 18 nitrogen and oxygen atoms in total. The van der Waals surface area contributed by atoms with Gasteiger partial charge in [-0.2, -0.15) is 0 Å². The van der Waals surface area contributed by atoms with Crippen molar-refractivity contribution in [3.63, 3.8) is 0 Å². The van der Waals surface area contributed by atoms with Crippen LogP contribution >= 0.6 is 0 Å². The highest BCUT2D eigenvalue weighted by atomic mass is 16.5. The summed E-state index contributed by atoms with van der Waals surface area (Å²) in [7, 11) is 1.82. The molecule has 4 aromatic carbocycles. The van der Waals surface area contributed by atoms with Crippen LogP contribution in [0.5, 0.6) is 0 Å². The van der Waals surface area contributed by atoms with Crippen LogP contribution in [0.3, 0.4) is 0 Å². The molecular formula is C63H88N8O10. The number of carbonyl (C=O) groups is 8. The Morgan fingerprint density at radius 1 is 0.531 bits per heavy atom. The molecule has 1 unspecified atom stereocenters. The van der Waals surface area contributed by atoms with Crippen molar-refractivity contribution in [1.29, 1.82) is 0 Å². The van der Waals surface area contributed by atoms with Gasteiger partial charge in [0.05, 0.1) is 26.4 Å². The lowest BCUT2D eigenvalue weighted by molar-refractivity contribution is -0.136. The van der Waals surface area contributed by atoms with E-state index in [4.69, 9.17) is 9.47 Å². The molecule has 0 radical (unpaired) electrons. The van der Waals surface area contributed by atoms with Gasteiger partial charge in [0.2, 0.25) is 41.4 Å². The third kappa shape index (κ3) is 21.6. The van der Waals surface area contributed by atoms with Crippen molar-refractivity contribution >= 4 is 47.1 Å². The molecule has 0 spiro atoms. The van der Waals surface area contributed by atoms with Crippen LogP contribution in [0.2, 0.25) is 0 Å². The van der Waals surface area contributed by atoms with Crippen LogP contribution < -0.4 is 42.5 Å². The quantitative estimate of drug-likeness (QED) is 0.0213. The largest absolute Gasteiger partial charge is 0.378 e. The molecule has 0 saturated carbocycles. The Bertz CT molecular complexity index is 2510. The van der Waals surface area contributed by atoms with Crippen LogP contribution in [-0.4, -0.2) is 124 Å². The second-order valence-corrected chi connectivity index (χ2v) is 21.2. The maximum atomic E-state index is 14.9. The number of benzene rings is 4. The highest BCUT2D eigenvalue weighted by Gasteiger charge is 2.39. The summed E-state index contributed by atoms with van der Waals surface area (Å²) in [5.41, 5.74) is 2.78. The number of Topliss-reactive ketones (excluding diaryl/α,β-unsaturated/α-hetero) is 1. The van der Waals surface area contributed by atoms with Gasteiger partial charge in [-0.25, -0.2) is 0 Å². The third-order valence-corrected chi connectivity index (χ3v) is 14.1. The fourth-order valence-electron chi connectivity index (χ4n) is 9.37. The van der Waals surface area contributed by atoms with Crippen molar-refractivity contribution in [2.24, 2.45) is 17.8 Å². The first kappa shape index (κ1) is 66.2. The molecule has 0 bridgehead atoms. The normalized spacial score (nSPS) is 14.0. The van der Waals surface area contributed by atoms with E-state index in [0.717, 1.165) is 27.8 Å².